The summed E-state index contributed by atoms with van der Waals surface area (Å²) < 4.78 is 98.7. The van der Waals surface area contributed by atoms with E-state index in [9.17, 15) is 30.7 Å². The van der Waals surface area contributed by atoms with E-state index in [1.165, 1.54) is 12.1 Å². The van der Waals surface area contributed by atoms with Gasteiger partial charge in [0.1, 0.15) is 17.1 Å². The van der Waals surface area contributed by atoms with Crippen LogP contribution >= 0.6 is 11.6 Å². The summed E-state index contributed by atoms with van der Waals surface area (Å²) in [6, 6.07) is 5.78. The molecule has 1 N–H and O–H groups in total. The maximum atomic E-state index is 14.1. The van der Waals surface area contributed by atoms with Crippen molar-refractivity contribution in [2.45, 2.75) is 19.1 Å². The smallest absolute Gasteiger partial charge is 0.445 e. The van der Waals surface area contributed by atoms with Gasteiger partial charge in [0.15, 0.2) is 5.22 Å². The second kappa shape index (κ2) is 7.08. The summed E-state index contributed by atoms with van der Waals surface area (Å²) in [5.74, 6) is -2.05. The number of benzene rings is 2. The van der Waals surface area contributed by atoms with Crippen LogP contribution in [0.25, 0.3) is 11.0 Å². The van der Waals surface area contributed by atoms with E-state index in [0.717, 1.165) is 12.1 Å². The second-order valence-corrected chi connectivity index (χ2v) is 6.01. The molecule has 3 rings (SSSR count). The standard InChI is InChI=1S/C17H9ClF7NO2/c18-15-5-8-3-12(19)9(4-14(8)27-15)7-26-10-1-2-13(28-17(23,24)25)11(6-10)16(20,21)22/h1-6,26H,7H2. The van der Waals surface area contributed by atoms with E-state index in [-0.39, 0.29) is 28.6 Å². The van der Waals surface area contributed by atoms with Crippen LogP contribution in [0.4, 0.5) is 36.4 Å². The molecule has 3 nitrogen and oxygen atoms in total. The summed E-state index contributed by atoms with van der Waals surface area (Å²) >= 11 is 5.68. The van der Waals surface area contributed by atoms with Gasteiger partial charge in [-0.15, -0.1) is 13.2 Å². The first-order valence-electron chi connectivity index (χ1n) is 7.51. The van der Waals surface area contributed by atoms with Gasteiger partial charge in [0.2, 0.25) is 0 Å². The van der Waals surface area contributed by atoms with Gasteiger partial charge >= 0.3 is 12.5 Å². The first-order valence-corrected chi connectivity index (χ1v) is 7.88. The van der Waals surface area contributed by atoms with Crippen LogP contribution in [-0.4, -0.2) is 6.36 Å². The average molecular weight is 428 g/mol. The molecule has 28 heavy (non-hydrogen) atoms. The van der Waals surface area contributed by atoms with E-state index in [4.69, 9.17) is 16.0 Å². The van der Waals surface area contributed by atoms with Gasteiger partial charge in [-0.1, -0.05) is 0 Å². The van der Waals surface area contributed by atoms with Crippen molar-refractivity contribution in [1.82, 2.24) is 0 Å². The summed E-state index contributed by atoms with van der Waals surface area (Å²) in [6.45, 7) is -0.253. The van der Waals surface area contributed by atoms with Crippen LogP contribution in [0, 0.1) is 5.82 Å². The van der Waals surface area contributed by atoms with E-state index in [1.807, 2.05) is 0 Å². The fourth-order valence-corrected chi connectivity index (χ4v) is 2.68. The van der Waals surface area contributed by atoms with E-state index in [2.05, 4.69) is 10.1 Å². The van der Waals surface area contributed by atoms with Gasteiger partial charge < -0.3 is 14.5 Å². The van der Waals surface area contributed by atoms with Crippen molar-refractivity contribution in [3.63, 3.8) is 0 Å². The maximum absolute atomic E-state index is 14.1. The van der Waals surface area contributed by atoms with Gasteiger partial charge in [0, 0.05) is 29.2 Å². The summed E-state index contributed by atoms with van der Waals surface area (Å²) in [4.78, 5) is 0. The molecule has 1 aromatic heterocycles. The van der Waals surface area contributed by atoms with E-state index < -0.39 is 29.7 Å². The van der Waals surface area contributed by atoms with Crippen molar-refractivity contribution in [3.8, 4) is 5.75 Å². The molecule has 0 bridgehead atoms. The highest BCUT2D eigenvalue weighted by molar-refractivity contribution is 6.29. The van der Waals surface area contributed by atoms with Crippen LogP contribution in [-0.2, 0) is 12.7 Å². The maximum Gasteiger partial charge on any atom is 0.573 e. The first kappa shape index (κ1) is 20.1. The molecule has 0 atom stereocenters. The van der Waals surface area contributed by atoms with Crippen LogP contribution in [0.1, 0.15) is 11.1 Å². The molecule has 0 spiro atoms. The molecule has 0 saturated carbocycles. The average Bonchev–Trinajstić information content (AvgIpc) is 2.90. The Labute approximate surface area is 157 Å². The third-order valence-corrected chi connectivity index (χ3v) is 3.84. The Morgan fingerprint density at radius 3 is 2.36 bits per heavy atom. The number of hydrogen-bond acceptors (Lipinski definition) is 3. The molecule has 11 heteroatoms. The molecule has 0 aliphatic heterocycles. The molecule has 0 radical (unpaired) electrons. The summed E-state index contributed by atoms with van der Waals surface area (Å²) in [5, 5.41) is 2.96. The Morgan fingerprint density at radius 1 is 1.00 bits per heavy atom. The molecule has 0 aliphatic rings. The quantitative estimate of drug-likeness (QED) is 0.467. The predicted octanol–water partition coefficient (Wildman–Crippen LogP) is 6.75. The van der Waals surface area contributed by atoms with Gasteiger partial charge in [-0.25, -0.2) is 4.39 Å². The summed E-state index contributed by atoms with van der Waals surface area (Å²) in [6.07, 6.45) is -10.4. The Hall–Kier alpha value is -2.62. The van der Waals surface area contributed by atoms with E-state index >= 15 is 0 Å². The number of fused-ring (bicyclic) bond motifs is 1. The molecule has 0 fully saturated rings. The number of halogens is 8. The number of alkyl halides is 6. The zero-order chi connectivity index (χ0) is 20.7. The van der Waals surface area contributed by atoms with E-state index in [0.29, 0.717) is 17.5 Å². The molecule has 0 aliphatic carbocycles. The molecular formula is C17H9ClF7NO2. The van der Waals surface area contributed by atoms with E-state index in [1.54, 1.807) is 0 Å². The fraction of sp³-hybridized carbons (Fsp3) is 0.176. The minimum absolute atomic E-state index is 0.0366. The highest BCUT2D eigenvalue weighted by atomic mass is 35.5. The lowest BCUT2D eigenvalue weighted by Crippen LogP contribution is -2.20. The Balaban J connectivity index is 1.85. The van der Waals surface area contributed by atoms with Gasteiger partial charge in [-0.05, 0) is 41.9 Å². The first-order chi connectivity index (χ1) is 12.9. The Kier molecular flexibility index (Phi) is 5.09. The third-order valence-electron chi connectivity index (χ3n) is 3.65. The highest BCUT2D eigenvalue weighted by Crippen LogP contribution is 2.40. The molecule has 0 saturated heterocycles. The molecule has 0 amide bonds. The Morgan fingerprint density at radius 2 is 1.71 bits per heavy atom. The van der Waals surface area contributed by atoms with Crippen LogP contribution < -0.4 is 10.1 Å². The lowest BCUT2D eigenvalue weighted by atomic mass is 10.1. The number of rotatable bonds is 4. The Bertz CT molecular complexity index is 1010. The van der Waals surface area contributed by atoms with Gasteiger partial charge in [-0.2, -0.15) is 13.2 Å². The molecule has 2 aromatic carbocycles. The number of nitrogens with one attached hydrogen (secondary N) is 1. The highest BCUT2D eigenvalue weighted by Gasteiger charge is 2.39. The lowest BCUT2D eigenvalue weighted by molar-refractivity contribution is -0.276. The zero-order valence-electron chi connectivity index (χ0n) is 13.5. The third kappa shape index (κ3) is 4.61. The lowest BCUT2D eigenvalue weighted by Gasteiger charge is -2.17. The largest absolute Gasteiger partial charge is 0.573 e. The molecular weight excluding hydrogens is 419 g/mol. The van der Waals surface area contributed by atoms with Gasteiger partial charge in [-0.3, -0.25) is 0 Å². The number of anilines is 1. The minimum atomic E-state index is -5.28. The van der Waals surface area contributed by atoms with Crippen molar-refractivity contribution in [1.29, 1.82) is 0 Å². The number of furan rings is 1. The van der Waals surface area contributed by atoms with Crippen LogP contribution in [0.3, 0.4) is 0 Å². The summed E-state index contributed by atoms with van der Waals surface area (Å²) in [7, 11) is 0. The molecule has 3 aromatic rings. The molecule has 0 unspecified atom stereocenters. The molecule has 1 heterocycles. The predicted molar refractivity (Wildman–Crippen MR) is 86.6 cm³/mol. The zero-order valence-corrected chi connectivity index (χ0v) is 14.3. The van der Waals surface area contributed by atoms with Gasteiger partial charge in [0.25, 0.3) is 0 Å². The van der Waals surface area contributed by atoms with Crippen LogP contribution in [0.5, 0.6) is 5.75 Å². The van der Waals surface area contributed by atoms with Crippen LogP contribution in [0.2, 0.25) is 5.22 Å². The number of ether oxygens (including phenoxy) is 1. The van der Waals surface area contributed by atoms with Crippen molar-refractivity contribution in [3.05, 3.63) is 58.6 Å². The second-order valence-electron chi connectivity index (χ2n) is 5.64. The summed E-state index contributed by atoms with van der Waals surface area (Å²) in [5.41, 5.74) is -1.47. The monoisotopic (exact) mass is 427 g/mol. The van der Waals surface area contributed by atoms with Crippen molar-refractivity contribution in [2.75, 3.05) is 5.32 Å². The van der Waals surface area contributed by atoms with Crippen molar-refractivity contribution >= 4 is 28.3 Å². The minimum Gasteiger partial charge on any atom is -0.445 e. The SMILES string of the molecule is Fc1cc2cc(Cl)oc2cc1CNc1ccc(OC(F)(F)F)c(C(F)(F)F)c1. The topological polar surface area (TPSA) is 34.4 Å². The van der Waals surface area contributed by atoms with Crippen molar-refractivity contribution < 1.29 is 39.9 Å². The molecule has 150 valence electrons. The van der Waals surface area contributed by atoms with Gasteiger partial charge in [0.05, 0.1) is 5.56 Å². The normalized spacial score (nSPS) is 12.4. The van der Waals surface area contributed by atoms with Crippen LogP contribution in [0.15, 0.2) is 40.8 Å². The van der Waals surface area contributed by atoms with Crippen molar-refractivity contribution in [2.24, 2.45) is 0 Å². The number of hydrogen-bond donors (Lipinski definition) is 1. The fourth-order valence-electron chi connectivity index (χ4n) is 2.48.